The first-order chi connectivity index (χ1) is 7.38. The summed E-state index contributed by atoms with van der Waals surface area (Å²) in [6, 6.07) is 6.05. The SMILES string of the molecule is CC(C)C(C)(Nc1ccccc1F)C(=O)O. The van der Waals surface area contributed by atoms with E-state index in [2.05, 4.69) is 5.32 Å². The number of para-hydroxylation sites is 1. The fourth-order valence-corrected chi connectivity index (χ4v) is 1.29. The number of carboxylic acid groups (broad SMARTS) is 1. The number of halogens is 1. The zero-order chi connectivity index (χ0) is 12.3. The monoisotopic (exact) mass is 225 g/mol. The lowest BCUT2D eigenvalue weighted by Crippen LogP contribution is -2.48. The van der Waals surface area contributed by atoms with E-state index >= 15 is 0 Å². The highest BCUT2D eigenvalue weighted by Gasteiger charge is 2.37. The molecule has 0 radical (unpaired) electrons. The minimum atomic E-state index is -1.18. The molecular formula is C12H16FNO2. The summed E-state index contributed by atoms with van der Waals surface area (Å²) in [4.78, 5) is 11.2. The molecule has 0 aliphatic heterocycles. The van der Waals surface area contributed by atoms with Crippen molar-refractivity contribution < 1.29 is 14.3 Å². The fraction of sp³-hybridized carbons (Fsp3) is 0.417. The van der Waals surface area contributed by atoms with E-state index in [-0.39, 0.29) is 11.6 Å². The summed E-state index contributed by atoms with van der Waals surface area (Å²) in [6.45, 7) is 5.11. The number of hydrogen-bond donors (Lipinski definition) is 2. The quantitative estimate of drug-likeness (QED) is 0.828. The Morgan fingerprint density at radius 1 is 1.44 bits per heavy atom. The van der Waals surface area contributed by atoms with E-state index in [0.29, 0.717) is 0 Å². The fourth-order valence-electron chi connectivity index (χ4n) is 1.29. The highest BCUT2D eigenvalue weighted by molar-refractivity contribution is 5.82. The van der Waals surface area contributed by atoms with Crippen molar-refractivity contribution in [1.29, 1.82) is 0 Å². The number of aliphatic carboxylic acids is 1. The molecule has 0 saturated carbocycles. The van der Waals surface area contributed by atoms with E-state index in [0.717, 1.165) is 0 Å². The van der Waals surface area contributed by atoms with Gasteiger partial charge in [0.1, 0.15) is 11.4 Å². The Hall–Kier alpha value is -1.58. The summed E-state index contributed by atoms with van der Waals surface area (Å²) in [5.41, 5.74) is -0.969. The van der Waals surface area contributed by atoms with Gasteiger partial charge in [-0.1, -0.05) is 26.0 Å². The lowest BCUT2D eigenvalue weighted by atomic mass is 9.88. The minimum absolute atomic E-state index is 0.162. The zero-order valence-corrected chi connectivity index (χ0v) is 9.62. The second-order valence-corrected chi connectivity index (χ2v) is 4.27. The number of rotatable bonds is 4. The van der Waals surface area contributed by atoms with Gasteiger partial charge in [-0.15, -0.1) is 0 Å². The van der Waals surface area contributed by atoms with E-state index < -0.39 is 17.3 Å². The topological polar surface area (TPSA) is 49.3 Å². The number of carboxylic acids is 1. The predicted molar refractivity (Wildman–Crippen MR) is 60.9 cm³/mol. The Bertz CT molecular complexity index is 392. The lowest BCUT2D eigenvalue weighted by molar-refractivity contribution is -0.143. The normalized spacial score (nSPS) is 14.6. The molecule has 0 fully saturated rings. The number of benzene rings is 1. The maximum atomic E-state index is 13.4. The van der Waals surface area contributed by atoms with Crippen LogP contribution >= 0.6 is 0 Å². The Balaban J connectivity index is 3.02. The van der Waals surface area contributed by atoms with Gasteiger partial charge < -0.3 is 10.4 Å². The second-order valence-electron chi connectivity index (χ2n) is 4.27. The summed E-state index contributed by atoms with van der Waals surface area (Å²) in [5.74, 6) is -1.61. The van der Waals surface area contributed by atoms with Crippen molar-refractivity contribution >= 4 is 11.7 Å². The highest BCUT2D eigenvalue weighted by Crippen LogP contribution is 2.24. The van der Waals surface area contributed by atoms with Crippen LogP contribution in [0, 0.1) is 11.7 Å². The molecule has 16 heavy (non-hydrogen) atoms. The van der Waals surface area contributed by atoms with Gasteiger partial charge in [0.15, 0.2) is 0 Å². The Kier molecular flexibility index (Phi) is 3.52. The number of carbonyl (C=O) groups is 1. The van der Waals surface area contributed by atoms with Gasteiger partial charge in [0.2, 0.25) is 0 Å². The van der Waals surface area contributed by atoms with Crippen LogP contribution in [0.5, 0.6) is 0 Å². The van der Waals surface area contributed by atoms with Crippen LogP contribution in [0.2, 0.25) is 0 Å². The summed E-state index contributed by atoms with van der Waals surface area (Å²) in [5, 5.41) is 11.9. The number of hydrogen-bond acceptors (Lipinski definition) is 2. The average Bonchev–Trinajstić information content (AvgIpc) is 2.20. The van der Waals surface area contributed by atoms with Crippen molar-refractivity contribution in [3.63, 3.8) is 0 Å². The Morgan fingerprint density at radius 2 is 2.00 bits per heavy atom. The van der Waals surface area contributed by atoms with Gasteiger partial charge in [0, 0.05) is 0 Å². The smallest absolute Gasteiger partial charge is 0.329 e. The number of anilines is 1. The van der Waals surface area contributed by atoms with E-state index in [1.807, 2.05) is 0 Å². The molecule has 0 heterocycles. The summed E-state index contributed by atoms with van der Waals surface area (Å²) >= 11 is 0. The lowest BCUT2D eigenvalue weighted by Gasteiger charge is -2.31. The molecule has 0 spiro atoms. The third-order valence-corrected chi connectivity index (χ3v) is 2.87. The Labute approximate surface area is 94.3 Å². The molecular weight excluding hydrogens is 209 g/mol. The minimum Gasteiger partial charge on any atom is -0.480 e. The summed E-state index contributed by atoms with van der Waals surface area (Å²) < 4.78 is 13.4. The first-order valence-electron chi connectivity index (χ1n) is 5.14. The molecule has 88 valence electrons. The maximum Gasteiger partial charge on any atom is 0.329 e. The molecule has 1 aromatic rings. The van der Waals surface area contributed by atoms with Crippen molar-refractivity contribution in [2.45, 2.75) is 26.3 Å². The first-order valence-corrected chi connectivity index (χ1v) is 5.14. The van der Waals surface area contributed by atoms with Crippen molar-refractivity contribution in [2.75, 3.05) is 5.32 Å². The largest absolute Gasteiger partial charge is 0.480 e. The van der Waals surface area contributed by atoms with Crippen LogP contribution in [0.25, 0.3) is 0 Å². The molecule has 0 bridgehead atoms. The number of nitrogens with one attached hydrogen (secondary N) is 1. The molecule has 0 aliphatic carbocycles. The van der Waals surface area contributed by atoms with Crippen LogP contribution in [-0.4, -0.2) is 16.6 Å². The summed E-state index contributed by atoms with van der Waals surface area (Å²) in [7, 11) is 0. The highest BCUT2D eigenvalue weighted by atomic mass is 19.1. The third-order valence-electron chi connectivity index (χ3n) is 2.87. The van der Waals surface area contributed by atoms with Gasteiger partial charge in [-0.05, 0) is 25.0 Å². The van der Waals surface area contributed by atoms with Crippen molar-refractivity contribution in [2.24, 2.45) is 5.92 Å². The molecule has 1 rings (SSSR count). The van der Waals surface area contributed by atoms with Gasteiger partial charge in [-0.2, -0.15) is 0 Å². The maximum absolute atomic E-state index is 13.4. The molecule has 0 amide bonds. The van der Waals surface area contributed by atoms with Gasteiger partial charge in [-0.3, -0.25) is 0 Å². The molecule has 0 aromatic heterocycles. The summed E-state index contributed by atoms with van der Waals surface area (Å²) in [6.07, 6.45) is 0. The Morgan fingerprint density at radius 3 is 2.44 bits per heavy atom. The molecule has 0 aliphatic rings. The van der Waals surface area contributed by atoms with E-state index in [4.69, 9.17) is 0 Å². The molecule has 4 heteroatoms. The molecule has 2 N–H and O–H groups in total. The third kappa shape index (κ3) is 2.32. The van der Waals surface area contributed by atoms with Crippen LogP contribution in [0.1, 0.15) is 20.8 Å². The molecule has 1 aromatic carbocycles. The predicted octanol–water partition coefficient (Wildman–Crippen LogP) is 2.74. The second kappa shape index (κ2) is 4.51. The van der Waals surface area contributed by atoms with Gasteiger partial charge in [-0.25, -0.2) is 9.18 Å². The standard InChI is InChI=1S/C12H16FNO2/c1-8(2)12(3,11(15)16)14-10-7-5-4-6-9(10)13/h4-8,14H,1-3H3,(H,15,16). The molecule has 0 saturated heterocycles. The van der Waals surface area contributed by atoms with Crippen molar-refractivity contribution in [3.8, 4) is 0 Å². The van der Waals surface area contributed by atoms with E-state index in [1.165, 1.54) is 12.1 Å². The van der Waals surface area contributed by atoms with Gasteiger partial charge >= 0.3 is 5.97 Å². The van der Waals surface area contributed by atoms with E-state index in [1.54, 1.807) is 32.9 Å². The van der Waals surface area contributed by atoms with Crippen LogP contribution in [0.3, 0.4) is 0 Å². The molecule has 1 unspecified atom stereocenters. The van der Waals surface area contributed by atoms with Crippen molar-refractivity contribution in [3.05, 3.63) is 30.1 Å². The zero-order valence-electron chi connectivity index (χ0n) is 9.62. The van der Waals surface area contributed by atoms with Crippen LogP contribution in [-0.2, 0) is 4.79 Å². The molecule has 3 nitrogen and oxygen atoms in total. The van der Waals surface area contributed by atoms with Gasteiger partial charge in [0.05, 0.1) is 5.69 Å². The van der Waals surface area contributed by atoms with Crippen LogP contribution in [0.15, 0.2) is 24.3 Å². The van der Waals surface area contributed by atoms with Crippen molar-refractivity contribution in [1.82, 2.24) is 0 Å². The van der Waals surface area contributed by atoms with Crippen LogP contribution in [0.4, 0.5) is 10.1 Å². The first kappa shape index (κ1) is 12.5. The van der Waals surface area contributed by atoms with Gasteiger partial charge in [0.25, 0.3) is 0 Å². The van der Waals surface area contributed by atoms with E-state index in [9.17, 15) is 14.3 Å². The molecule has 1 atom stereocenters. The average molecular weight is 225 g/mol. The van der Waals surface area contributed by atoms with Crippen LogP contribution < -0.4 is 5.32 Å².